The molecule has 1 N–H and O–H groups in total. The lowest BCUT2D eigenvalue weighted by Crippen LogP contribution is -2.33. The van der Waals surface area contributed by atoms with Gasteiger partial charge < -0.3 is 9.47 Å². The smallest absolute Gasteiger partial charge is 0.242 e. The van der Waals surface area contributed by atoms with E-state index in [1.54, 1.807) is 32.4 Å². The van der Waals surface area contributed by atoms with E-state index in [2.05, 4.69) is 9.62 Å². The van der Waals surface area contributed by atoms with Gasteiger partial charge in [-0.05, 0) is 54.8 Å². The van der Waals surface area contributed by atoms with Crippen LogP contribution in [0.4, 0.5) is 0 Å². The van der Waals surface area contributed by atoms with Gasteiger partial charge in [0.1, 0.15) is 4.90 Å². The summed E-state index contributed by atoms with van der Waals surface area (Å²) in [6.45, 7) is 2.91. The van der Waals surface area contributed by atoms with Crippen molar-refractivity contribution in [2.75, 3.05) is 33.9 Å². The van der Waals surface area contributed by atoms with Crippen molar-refractivity contribution >= 4 is 21.6 Å². The maximum atomic E-state index is 12.4. The summed E-state index contributed by atoms with van der Waals surface area (Å²) in [5.74, 6) is 1.49. The van der Waals surface area contributed by atoms with Crippen LogP contribution in [-0.2, 0) is 23.0 Å². The van der Waals surface area contributed by atoms with Crippen LogP contribution in [-0.4, -0.2) is 47.2 Å². The minimum atomic E-state index is -3.59. The Labute approximate surface area is 171 Å². The third kappa shape index (κ3) is 4.78. The van der Waals surface area contributed by atoms with Crippen molar-refractivity contribution in [1.29, 1.82) is 0 Å². The number of sulfonamides is 1. The highest BCUT2D eigenvalue weighted by Crippen LogP contribution is 2.33. The largest absolute Gasteiger partial charge is 0.493 e. The first-order valence-electron chi connectivity index (χ1n) is 9.15. The first kappa shape index (κ1) is 20.9. The zero-order chi connectivity index (χ0) is 20.1. The Morgan fingerprint density at radius 1 is 1.11 bits per heavy atom. The van der Waals surface area contributed by atoms with Gasteiger partial charge in [-0.3, -0.25) is 4.90 Å². The molecule has 2 aromatic carbocycles. The van der Waals surface area contributed by atoms with Crippen LogP contribution in [0.15, 0.2) is 41.3 Å². The van der Waals surface area contributed by atoms with Crippen LogP contribution in [0.25, 0.3) is 0 Å². The zero-order valence-corrected chi connectivity index (χ0v) is 17.6. The minimum Gasteiger partial charge on any atom is -0.493 e. The molecule has 0 radical (unpaired) electrons. The van der Waals surface area contributed by atoms with Crippen LogP contribution in [0.3, 0.4) is 0 Å². The maximum absolute atomic E-state index is 12.4. The van der Waals surface area contributed by atoms with Crippen molar-refractivity contribution in [3.63, 3.8) is 0 Å². The van der Waals surface area contributed by atoms with Crippen LogP contribution in [0, 0.1) is 0 Å². The Morgan fingerprint density at radius 2 is 1.79 bits per heavy atom. The molecule has 0 amide bonds. The number of fused-ring (bicyclic) bond motifs is 1. The molecule has 152 valence electrons. The van der Waals surface area contributed by atoms with E-state index in [0.717, 1.165) is 37.6 Å². The van der Waals surface area contributed by atoms with Gasteiger partial charge >= 0.3 is 0 Å². The molecule has 1 aliphatic heterocycles. The summed E-state index contributed by atoms with van der Waals surface area (Å²) in [6, 6.07) is 10.5. The number of methoxy groups -OCH3 is 2. The summed E-state index contributed by atoms with van der Waals surface area (Å²) < 4.78 is 38.1. The molecular formula is C20H25ClN2O4S. The lowest BCUT2D eigenvalue weighted by molar-refractivity contribution is 0.250. The van der Waals surface area contributed by atoms with Crippen LogP contribution in [0.1, 0.15) is 17.5 Å². The second-order valence-electron chi connectivity index (χ2n) is 6.68. The molecule has 0 unspecified atom stereocenters. The van der Waals surface area contributed by atoms with E-state index in [4.69, 9.17) is 21.1 Å². The summed E-state index contributed by atoms with van der Waals surface area (Å²) in [6.07, 6.45) is 1.65. The second kappa shape index (κ2) is 9.13. The third-order valence-corrected chi connectivity index (χ3v) is 6.83. The number of hydrogen-bond donors (Lipinski definition) is 1. The Bertz CT molecular complexity index is 934. The highest BCUT2D eigenvalue weighted by molar-refractivity contribution is 7.89. The molecule has 1 aliphatic rings. The van der Waals surface area contributed by atoms with E-state index in [1.165, 1.54) is 17.2 Å². The third-order valence-electron chi connectivity index (χ3n) is 4.87. The van der Waals surface area contributed by atoms with Crippen LogP contribution < -0.4 is 14.2 Å². The van der Waals surface area contributed by atoms with E-state index in [9.17, 15) is 8.42 Å². The van der Waals surface area contributed by atoms with Crippen molar-refractivity contribution in [3.8, 4) is 11.5 Å². The lowest BCUT2D eigenvalue weighted by atomic mass is 9.98. The van der Waals surface area contributed by atoms with E-state index >= 15 is 0 Å². The van der Waals surface area contributed by atoms with Gasteiger partial charge in [0.15, 0.2) is 11.5 Å². The van der Waals surface area contributed by atoms with Crippen molar-refractivity contribution in [3.05, 3.63) is 52.5 Å². The van der Waals surface area contributed by atoms with Gasteiger partial charge in [-0.15, -0.1) is 0 Å². The molecule has 0 aromatic heterocycles. The van der Waals surface area contributed by atoms with E-state index in [1.807, 2.05) is 12.1 Å². The van der Waals surface area contributed by atoms with Gasteiger partial charge in [-0.2, -0.15) is 0 Å². The summed E-state index contributed by atoms with van der Waals surface area (Å²) in [4.78, 5) is 2.43. The molecule has 1 heterocycles. The number of halogens is 1. The van der Waals surface area contributed by atoms with Crippen molar-refractivity contribution in [2.24, 2.45) is 0 Å². The number of benzene rings is 2. The molecule has 0 bridgehead atoms. The summed E-state index contributed by atoms with van der Waals surface area (Å²) in [5, 5.41) is 0.229. The zero-order valence-electron chi connectivity index (χ0n) is 16.1. The predicted molar refractivity (Wildman–Crippen MR) is 110 cm³/mol. The van der Waals surface area contributed by atoms with E-state index in [-0.39, 0.29) is 9.92 Å². The highest BCUT2D eigenvalue weighted by atomic mass is 35.5. The van der Waals surface area contributed by atoms with E-state index < -0.39 is 10.0 Å². The summed E-state index contributed by atoms with van der Waals surface area (Å²) in [5.41, 5.74) is 2.49. The van der Waals surface area contributed by atoms with Gasteiger partial charge in [-0.25, -0.2) is 13.1 Å². The molecule has 0 spiro atoms. The van der Waals surface area contributed by atoms with Gasteiger partial charge in [0.05, 0.1) is 19.2 Å². The number of nitrogens with zero attached hydrogens (tertiary/aromatic N) is 1. The lowest BCUT2D eigenvalue weighted by Gasteiger charge is -2.29. The van der Waals surface area contributed by atoms with Gasteiger partial charge in [0, 0.05) is 19.6 Å². The molecule has 6 nitrogen and oxygen atoms in total. The average molecular weight is 425 g/mol. The van der Waals surface area contributed by atoms with Crippen molar-refractivity contribution in [1.82, 2.24) is 9.62 Å². The standard InChI is InChI=1S/C20H25ClN2O4S/c1-26-18-12-15-8-11-23(14-16(15)13-19(18)27-2)10-5-9-22-28(24,25)20-7-4-3-6-17(20)21/h3-4,6-7,12-13,22H,5,8-11,14H2,1-2H3. The number of hydrogen-bond acceptors (Lipinski definition) is 5. The minimum absolute atomic E-state index is 0.115. The van der Waals surface area contributed by atoms with Crippen LogP contribution in [0.5, 0.6) is 11.5 Å². The quantitative estimate of drug-likeness (QED) is 0.659. The topological polar surface area (TPSA) is 67.9 Å². The fourth-order valence-electron chi connectivity index (χ4n) is 3.38. The predicted octanol–water partition coefficient (Wildman–Crippen LogP) is 3.08. The highest BCUT2D eigenvalue weighted by Gasteiger charge is 2.20. The average Bonchev–Trinajstić information content (AvgIpc) is 2.70. The Kier molecular flexibility index (Phi) is 6.82. The molecule has 28 heavy (non-hydrogen) atoms. The Morgan fingerprint density at radius 3 is 2.46 bits per heavy atom. The Hall–Kier alpha value is -1.80. The SMILES string of the molecule is COc1cc2c(cc1OC)CN(CCCNS(=O)(=O)c1ccccc1Cl)CC2. The molecule has 0 saturated carbocycles. The van der Waals surface area contributed by atoms with Crippen LogP contribution >= 0.6 is 11.6 Å². The normalized spacial score (nSPS) is 14.5. The monoisotopic (exact) mass is 424 g/mol. The Balaban J connectivity index is 1.54. The fraction of sp³-hybridized carbons (Fsp3) is 0.400. The fourth-order valence-corrected chi connectivity index (χ4v) is 4.97. The molecule has 0 atom stereocenters. The van der Waals surface area contributed by atoms with Crippen LogP contribution in [0.2, 0.25) is 5.02 Å². The number of nitrogens with one attached hydrogen (secondary N) is 1. The maximum Gasteiger partial charge on any atom is 0.242 e. The van der Waals surface area contributed by atoms with Gasteiger partial charge in [0.2, 0.25) is 10.0 Å². The van der Waals surface area contributed by atoms with Crippen molar-refractivity contribution < 1.29 is 17.9 Å². The molecule has 0 fully saturated rings. The molecule has 0 saturated heterocycles. The molecular weight excluding hydrogens is 400 g/mol. The van der Waals surface area contributed by atoms with Gasteiger partial charge in [-0.1, -0.05) is 23.7 Å². The first-order valence-corrected chi connectivity index (χ1v) is 11.0. The molecule has 2 aromatic rings. The number of ether oxygens (including phenoxy) is 2. The van der Waals surface area contributed by atoms with Gasteiger partial charge in [0.25, 0.3) is 0 Å². The number of rotatable bonds is 8. The van der Waals surface area contributed by atoms with Crippen molar-refractivity contribution in [2.45, 2.75) is 24.3 Å². The van der Waals surface area contributed by atoms with E-state index in [0.29, 0.717) is 13.0 Å². The molecule has 3 rings (SSSR count). The summed E-state index contributed by atoms with van der Waals surface area (Å²) in [7, 11) is -0.313. The molecule has 8 heteroatoms. The molecule has 0 aliphatic carbocycles. The second-order valence-corrected chi connectivity index (χ2v) is 8.83. The first-order chi connectivity index (χ1) is 13.4. The summed E-state index contributed by atoms with van der Waals surface area (Å²) >= 11 is 5.99.